The molecule has 124 valence electrons. The minimum Gasteiger partial charge on any atom is -0.445 e. The zero-order valence-corrected chi connectivity index (χ0v) is 14.4. The summed E-state index contributed by atoms with van der Waals surface area (Å²) in [7, 11) is 0. The van der Waals surface area contributed by atoms with Gasteiger partial charge in [0.05, 0.1) is 16.7 Å². The lowest BCUT2D eigenvalue weighted by atomic mass is 10.2. The topological polar surface area (TPSA) is 63.5 Å². The van der Waals surface area contributed by atoms with E-state index in [-0.39, 0.29) is 19.3 Å². The lowest BCUT2D eigenvalue weighted by Gasteiger charge is -2.09. The second kappa shape index (κ2) is 7.73. The van der Waals surface area contributed by atoms with Crippen molar-refractivity contribution in [2.75, 3.05) is 0 Å². The first kappa shape index (κ1) is 17.7. The van der Waals surface area contributed by atoms with Crippen LogP contribution < -0.4 is 5.32 Å². The second-order valence-corrected chi connectivity index (χ2v) is 6.16. The number of nitrogens with one attached hydrogen (secondary N) is 1. The van der Waals surface area contributed by atoms with Crippen LogP contribution in [-0.4, -0.2) is 21.8 Å². The molecule has 0 aliphatic carbocycles. The molecular formula is C16H18Cl2N2O3. The quantitative estimate of drug-likeness (QED) is 0.853. The SMILES string of the molecule is CC(C)NC(=O)OCc1cn(-c2ccc(Cl)c(Cl)c2)cc1CO. The molecule has 7 heteroatoms. The maximum Gasteiger partial charge on any atom is 0.407 e. The molecule has 2 N–H and O–H groups in total. The number of carbonyl (C=O) groups is 1. The van der Waals surface area contributed by atoms with Gasteiger partial charge in [0.25, 0.3) is 0 Å². The molecule has 0 radical (unpaired) electrons. The van der Waals surface area contributed by atoms with Crippen LogP contribution in [0.3, 0.4) is 0 Å². The number of hydrogen-bond acceptors (Lipinski definition) is 3. The second-order valence-electron chi connectivity index (χ2n) is 5.35. The molecule has 2 aromatic rings. The Balaban J connectivity index is 2.17. The van der Waals surface area contributed by atoms with E-state index in [0.29, 0.717) is 15.6 Å². The monoisotopic (exact) mass is 356 g/mol. The lowest BCUT2D eigenvalue weighted by molar-refractivity contribution is 0.136. The van der Waals surface area contributed by atoms with Crippen molar-refractivity contribution < 1.29 is 14.6 Å². The molecule has 0 saturated carbocycles. The minimum atomic E-state index is -0.494. The van der Waals surface area contributed by atoms with E-state index in [0.717, 1.165) is 11.3 Å². The summed E-state index contributed by atoms with van der Waals surface area (Å²) in [5, 5.41) is 13.0. The normalized spacial score (nSPS) is 10.9. The highest BCUT2D eigenvalue weighted by Gasteiger charge is 2.11. The summed E-state index contributed by atoms with van der Waals surface area (Å²) in [6, 6.07) is 5.23. The lowest BCUT2D eigenvalue weighted by Crippen LogP contribution is -2.30. The number of aliphatic hydroxyl groups excluding tert-OH is 1. The Morgan fingerprint density at radius 1 is 1.26 bits per heavy atom. The number of ether oxygens (including phenoxy) is 1. The number of amides is 1. The molecule has 1 aromatic carbocycles. The fourth-order valence-electron chi connectivity index (χ4n) is 2.03. The molecule has 0 aliphatic heterocycles. The third kappa shape index (κ3) is 4.64. The summed E-state index contributed by atoms with van der Waals surface area (Å²) in [5.74, 6) is 0. The molecule has 0 spiro atoms. The van der Waals surface area contributed by atoms with Crippen molar-refractivity contribution in [1.82, 2.24) is 9.88 Å². The van der Waals surface area contributed by atoms with Gasteiger partial charge in [0.1, 0.15) is 6.61 Å². The van der Waals surface area contributed by atoms with Gasteiger partial charge in [0.2, 0.25) is 0 Å². The van der Waals surface area contributed by atoms with Crippen LogP contribution in [0.1, 0.15) is 25.0 Å². The molecule has 0 saturated heterocycles. The predicted molar refractivity (Wildman–Crippen MR) is 90.2 cm³/mol. The molecular weight excluding hydrogens is 339 g/mol. The summed E-state index contributed by atoms with van der Waals surface area (Å²) in [5.41, 5.74) is 2.19. The highest BCUT2D eigenvalue weighted by atomic mass is 35.5. The van der Waals surface area contributed by atoms with Gasteiger partial charge in [0.15, 0.2) is 0 Å². The van der Waals surface area contributed by atoms with E-state index in [2.05, 4.69) is 5.32 Å². The van der Waals surface area contributed by atoms with Gasteiger partial charge in [-0.1, -0.05) is 23.2 Å². The number of nitrogens with zero attached hydrogens (tertiary/aromatic N) is 1. The molecule has 0 fully saturated rings. The number of rotatable bonds is 5. The fraction of sp³-hybridized carbons (Fsp3) is 0.312. The zero-order chi connectivity index (χ0) is 17.0. The number of halogens is 2. The van der Waals surface area contributed by atoms with E-state index in [1.54, 1.807) is 29.1 Å². The van der Waals surface area contributed by atoms with Crippen molar-refractivity contribution in [1.29, 1.82) is 0 Å². The van der Waals surface area contributed by atoms with Gasteiger partial charge in [-0.25, -0.2) is 4.79 Å². The van der Waals surface area contributed by atoms with Crippen LogP contribution in [0.5, 0.6) is 0 Å². The Bertz CT molecular complexity index is 699. The minimum absolute atomic E-state index is 0.000574. The first-order chi connectivity index (χ1) is 10.9. The van der Waals surface area contributed by atoms with Gasteiger partial charge in [-0.2, -0.15) is 0 Å². The zero-order valence-electron chi connectivity index (χ0n) is 12.8. The molecule has 0 unspecified atom stereocenters. The smallest absolute Gasteiger partial charge is 0.407 e. The molecule has 23 heavy (non-hydrogen) atoms. The largest absolute Gasteiger partial charge is 0.445 e. The average molecular weight is 357 g/mol. The summed E-state index contributed by atoms with van der Waals surface area (Å²) < 4.78 is 6.95. The van der Waals surface area contributed by atoms with Crippen LogP contribution >= 0.6 is 23.2 Å². The van der Waals surface area contributed by atoms with E-state index < -0.39 is 6.09 Å². The van der Waals surface area contributed by atoms with Crippen LogP contribution in [0.25, 0.3) is 5.69 Å². The van der Waals surface area contributed by atoms with E-state index in [4.69, 9.17) is 27.9 Å². The highest BCUT2D eigenvalue weighted by molar-refractivity contribution is 6.42. The summed E-state index contributed by atoms with van der Waals surface area (Å²) in [6.45, 7) is 3.61. The Labute approximate surface area is 144 Å². The molecule has 1 aromatic heterocycles. The molecule has 5 nitrogen and oxygen atoms in total. The Hall–Kier alpha value is -1.69. The molecule has 2 rings (SSSR count). The van der Waals surface area contributed by atoms with Gasteiger partial charge in [-0.15, -0.1) is 0 Å². The number of aromatic nitrogens is 1. The first-order valence-corrected chi connectivity index (χ1v) is 7.85. The van der Waals surface area contributed by atoms with Crippen molar-refractivity contribution in [3.8, 4) is 5.69 Å². The van der Waals surface area contributed by atoms with Gasteiger partial charge in [-0.05, 0) is 32.0 Å². The van der Waals surface area contributed by atoms with Gasteiger partial charge < -0.3 is 19.7 Å². The molecule has 1 heterocycles. The van der Waals surface area contributed by atoms with Gasteiger partial charge in [0, 0.05) is 35.2 Å². The number of hydrogen-bond donors (Lipinski definition) is 2. The number of aliphatic hydroxyl groups is 1. The maximum atomic E-state index is 11.6. The molecule has 0 bridgehead atoms. The molecule has 0 atom stereocenters. The summed E-state index contributed by atoms with van der Waals surface area (Å²) in [4.78, 5) is 11.6. The van der Waals surface area contributed by atoms with E-state index in [9.17, 15) is 9.90 Å². The van der Waals surface area contributed by atoms with Crippen LogP contribution in [0.4, 0.5) is 4.79 Å². The fourth-order valence-corrected chi connectivity index (χ4v) is 2.32. The average Bonchev–Trinajstić information content (AvgIpc) is 2.90. The van der Waals surface area contributed by atoms with Crippen molar-refractivity contribution >= 4 is 29.3 Å². The number of alkyl carbamates (subject to hydrolysis) is 1. The standard InChI is InChI=1S/C16H18Cl2N2O3/c1-10(2)19-16(22)23-9-12-7-20(6-11(12)8-21)13-3-4-14(17)15(18)5-13/h3-7,10,21H,8-9H2,1-2H3,(H,19,22). The van der Waals surface area contributed by atoms with Crippen molar-refractivity contribution in [2.24, 2.45) is 0 Å². The van der Waals surface area contributed by atoms with Crippen molar-refractivity contribution in [3.63, 3.8) is 0 Å². The first-order valence-electron chi connectivity index (χ1n) is 7.10. The van der Waals surface area contributed by atoms with E-state index in [1.807, 2.05) is 19.9 Å². The summed E-state index contributed by atoms with van der Waals surface area (Å²) in [6.07, 6.45) is 3.05. The van der Waals surface area contributed by atoms with Crippen LogP contribution in [0.2, 0.25) is 10.0 Å². The van der Waals surface area contributed by atoms with Crippen LogP contribution in [-0.2, 0) is 18.0 Å². The van der Waals surface area contributed by atoms with Gasteiger partial charge in [-0.3, -0.25) is 0 Å². The Kier molecular flexibility index (Phi) is 5.93. The molecule has 1 amide bonds. The van der Waals surface area contributed by atoms with Crippen molar-refractivity contribution in [2.45, 2.75) is 33.1 Å². The maximum absolute atomic E-state index is 11.6. The Morgan fingerprint density at radius 2 is 1.96 bits per heavy atom. The number of benzene rings is 1. The Morgan fingerprint density at radius 3 is 2.57 bits per heavy atom. The van der Waals surface area contributed by atoms with Crippen LogP contribution in [0, 0.1) is 0 Å². The number of carbonyl (C=O) groups excluding carboxylic acids is 1. The van der Waals surface area contributed by atoms with E-state index in [1.165, 1.54) is 0 Å². The van der Waals surface area contributed by atoms with Crippen molar-refractivity contribution in [3.05, 3.63) is 51.8 Å². The third-order valence-corrected chi connectivity index (χ3v) is 3.88. The van der Waals surface area contributed by atoms with Crippen LogP contribution in [0.15, 0.2) is 30.6 Å². The third-order valence-electron chi connectivity index (χ3n) is 3.14. The summed E-state index contributed by atoms with van der Waals surface area (Å²) >= 11 is 11.9. The van der Waals surface area contributed by atoms with Gasteiger partial charge >= 0.3 is 6.09 Å². The van der Waals surface area contributed by atoms with E-state index >= 15 is 0 Å². The predicted octanol–water partition coefficient (Wildman–Crippen LogP) is 3.91. The highest BCUT2D eigenvalue weighted by Crippen LogP contribution is 2.25. The molecule has 0 aliphatic rings.